The molecule has 0 aliphatic heterocycles. The highest BCUT2D eigenvalue weighted by molar-refractivity contribution is 5.24. The monoisotopic (exact) mass is 189 g/mol. The number of allylic oxidation sites excluding steroid dienone is 7. The molecular formula is C13H19N. The van der Waals surface area contributed by atoms with Crippen molar-refractivity contribution in [2.24, 2.45) is 5.73 Å². The average molecular weight is 189 g/mol. The molecule has 1 nitrogen and oxygen atoms in total. The van der Waals surface area contributed by atoms with Crippen LogP contribution in [0.4, 0.5) is 0 Å². The summed E-state index contributed by atoms with van der Waals surface area (Å²) in [6.07, 6.45) is 19.8. The predicted octanol–water partition coefficient (Wildman–Crippen LogP) is 3.11. The van der Waals surface area contributed by atoms with E-state index in [0.29, 0.717) is 6.54 Å². The fourth-order valence-electron chi connectivity index (χ4n) is 1.48. The van der Waals surface area contributed by atoms with Crippen molar-refractivity contribution in [2.75, 3.05) is 6.54 Å². The zero-order valence-electron chi connectivity index (χ0n) is 8.65. The molecule has 1 rings (SSSR count). The summed E-state index contributed by atoms with van der Waals surface area (Å²) >= 11 is 0. The van der Waals surface area contributed by atoms with E-state index in [0.717, 1.165) is 0 Å². The molecule has 0 atom stereocenters. The van der Waals surface area contributed by atoms with Gasteiger partial charge in [0.2, 0.25) is 0 Å². The predicted molar refractivity (Wildman–Crippen MR) is 63.0 cm³/mol. The van der Waals surface area contributed by atoms with E-state index in [1.165, 1.54) is 31.3 Å². The van der Waals surface area contributed by atoms with Crippen molar-refractivity contribution in [1.29, 1.82) is 0 Å². The van der Waals surface area contributed by atoms with Crippen molar-refractivity contribution in [3.05, 3.63) is 48.1 Å². The summed E-state index contributed by atoms with van der Waals surface area (Å²) in [5.41, 5.74) is 6.79. The second-order valence-electron chi connectivity index (χ2n) is 3.43. The molecule has 0 heterocycles. The third-order valence-corrected chi connectivity index (χ3v) is 2.24. The third-order valence-electron chi connectivity index (χ3n) is 2.24. The lowest BCUT2D eigenvalue weighted by molar-refractivity contribution is 0.712. The molecule has 0 fully saturated rings. The lowest BCUT2D eigenvalue weighted by Gasteiger charge is -2.07. The molecule has 1 aliphatic carbocycles. The molecule has 14 heavy (non-hydrogen) atoms. The van der Waals surface area contributed by atoms with E-state index in [2.05, 4.69) is 18.2 Å². The van der Waals surface area contributed by atoms with Gasteiger partial charge in [0.1, 0.15) is 0 Å². The second-order valence-corrected chi connectivity index (χ2v) is 3.43. The minimum atomic E-state index is 0.610. The number of nitrogens with two attached hydrogens (primary N) is 1. The fraction of sp³-hybridized carbons (Fsp3) is 0.385. The Morgan fingerprint density at radius 1 is 1.14 bits per heavy atom. The second kappa shape index (κ2) is 7.34. The highest BCUT2D eigenvalue weighted by Gasteiger charge is 1.98. The van der Waals surface area contributed by atoms with Crippen molar-refractivity contribution in [1.82, 2.24) is 0 Å². The van der Waals surface area contributed by atoms with E-state index >= 15 is 0 Å². The van der Waals surface area contributed by atoms with Crippen LogP contribution in [0.2, 0.25) is 0 Å². The summed E-state index contributed by atoms with van der Waals surface area (Å²) in [5.74, 6) is 0. The first-order valence-corrected chi connectivity index (χ1v) is 5.32. The van der Waals surface area contributed by atoms with Crippen molar-refractivity contribution >= 4 is 0 Å². The van der Waals surface area contributed by atoms with Crippen LogP contribution in [0, 0.1) is 0 Å². The number of hydrogen-bond acceptors (Lipinski definition) is 1. The summed E-state index contributed by atoms with van der Waals surface area (Å²) in [7, 11) is 0. The maximum absolute atomic E-state index is 5.31. The Hall–Kier alpha value is -1.08. The molecule has 0 aromatic carbocycles. The van der Waals surface area contributed by atoms with Gasteiger partial charge in [0.15, 0.2) is 0 Å². The molecule has 0 spiro atoms. The van der Waals surface area contributed by atoms with Crippen molar-refractivity contribution < 1.29 is 0 Å². The Balaban J connectivity index is 2.28. The highest BCUT2D eigenvalue weighted by atomic mass is 14.5. The first kappa shape index (κ1) is 11.0. The minimum Gasteiger partial charge on any atom is -0.327 e. The summed E-state index contributed by atoms with van der Waals surface area (Å²) < 4.78 is 0. The Bertz CT molecular complexity index is 256. The average Bonchev–Trinajstić information content (AvgIpc) is 2.25. The van der Waals surface area contributed by atoms with Gasteiger partial charge in [-0.1, -0.05) is 48.1 Å². The van der Waals surface area contributed by atoms with Gasteiger partial charge >= 0.3 is 0 Å². The van der Waals surface area contributed by atoms with Crippen LogP contribution < -0.4 is 5.73 Å². The standard InChI is InChI=1S/C13H19N/c14-12-8-3-1-2-5-9-13-10-6-4-7-11-13/h1-3,5,8-10H,4,6-7,11-12,14H2/b2-1+,8-3+,9-5+. The summed E-state index contributed by atoms with van der Waals surface area (Å²) in [6, 6.07) is 0. The minimum absolute atomic E-state index is 0.610. The highest BCUT2D eigenvalue weighted by Crippen LogP contribution is 2.17. The van der Waals surface area contributed by atoms with Gasteiger partial charge in [0.25, 0.3) is 0 Å². The normalized spacial score (nSPS) is 18.5. The smallest absolute Gasteiger partial charge is 0.0109 e. The van der Waals surface area contributed by atoms with E-state index in [4.69, 9.17) is 5.73 Å². The summed E-state index contributed by atoms with van der Waals surface area (Å²) in [4.78, 5) is 0. The molecule has 0 saturated heterocycles. The van der Waals surface area contributed by atoms with E-state index < -0.39 is 0 Å². The van der Waals surface area contributed by atoms with E-state index in [1.54, 1.807) is 0 Å². The van der Waals surface area contributed by atoms with Gasteiger partial charge in [0.05, 0.1) is 0 Å². The van der Waals surface area contributed by atoms with E-state index in [-0.39, 0.29) is 0 Å². The quantitative estimate of drug-likeness (QED) is 0.676. The van der Waals surface area contributed by atoms with Crippen molar-refractivity contribution in [3.8, 4) is 0 Å². The third kappa shape index (κ3) is 4.83. The zero-order valence-corrected chi connectivity index (χ0v) is 8.65. The summed E-state index contributed by atoms with van der Waals surface area (Å²) in [6.45, 7) is 0.610. The Kier molecular flexibility index (Phi) is 5.76. The van der Waals surface area contributed by atoms with Gasteiger partial charge in [-0.15, -0.1) is 0 Å². The molecule has 76 valence electrons. The first-order chi connectivity index (χ1) is 6.93. The van der Waals surface area contributed by atoms with Crippen LogP contribution in [0.3, 0.4) is 0 Å². The molecule has 0 unspecified atom stereocenters. The molecule has 0 aromatic heterocycles. The molecule has 0 aromatic rings. The number of hydrogen-bond donors (Lipinski definition) is 1. The maximum atomic E-state index is 5.31. The molecule has 0 amide bonds. The van der Waals surface area contributed by atoms with Gasteiger partial charge < -0.3 is 5.73 Å². The van der Waals surface area contributed by atoms with Crippen LogP contribution in [-0.4, -0.2) is 6.54 Å². The molecule has 0 bridgehead atoms. The lowest BCUT2D eigenvalue weighted by atomic mass is 9.99. The molecule has 0 radical (unpaired) electrons. The molecule has 1 aliphatic rings. The number of rotatable bonds is 4. The van der Waals surface area contributed by atoms with E-state index in [9.17, 15) is 0 Å². The Morgan fingerprint density at radius 2 is 2.00 bits per heavy atom. The Labute approximate surface area is 86.7 Å². The van der Waals surface area contributed by atoms with Crippen LogP contribution in [-0.2, 0) is 0 Å². The van der Waals surface area contributed by atoms with Crippen LogP contribution in [0.1, 0.15) is 25.7 Å². The van der Waals surface area contributed by atoms with Gasteiger partial charge in [-0.25, -0.2) is 0 Å². The summed E-state index contributed by atoms with van der Waals surface area (Å²) in [5, 5.41) is 0. The molecular weight excluding hydrogens is 170 g/mol. The van der Waals surface area contributed by atoms with Gasteiger partial charge in [-0.3, -0.25) is 0 Å². The van der Waals surface area contributed by atoms with Crippen LogP contribution in [0.15, 0.2) is 48.1 Å². The van der Waals surface area contributed by atoms with Gasteiger partial charge in [-0.05, 0) is 25.7 Å². The molecule has 2 N–H and O–H groups in total. The van der Waals surface area contributed by atoms with Gasteiger partial charge in [0, 0.05) is 6.54 Å². The SMILES string of the molecule is NC/C=C/C=C/C=C/C1=CCCCC1. The van der Waals surface area contributed by atoms with Crippen LogP contribution in [0.5, 0.6) is 0 Å². The van der Waals surface area contributed by atoms with Crippen molar-refractivity contribution in [3.63, 3.8) is 0 Å². The van der Waals surface area contributed by atoms with Crippen LogP contribution in [0.25, 0.3) is 0 Å². The van der Waals surface area contributed by atoms with E-state index in [1.807, 2.05) is 24.3 Å². The maximum Gasteiger partial charge on any atom is 0.0109 e. The van der Waals surface area contributed by atoms with Crippen molar-refractivity contribution in [2.45, 2.75) is 25.7 Å². The zero-order chi connectivity index (χ0) is 10.1. The first-order valence-electron chi connectivity index (χ1n) is 5.32. The molecule has 1 heteroatoms. The largest absolute Gasteiger partial charge is 0.327 e. The van der Waals surface area contributed by atoms with Gasteiger partial charge in [-0.2, -0.15) is 0 Å². The van der Waals surface area contributed by atoms with Crippen LogP contribution >= 0.6 is 0 Å². The topological polar surface area (TPSA) is 26.0 Å². The molecule has 0 saturated carbocycles. The Morgan fingerprint density at radius 3 is 2.71 bits per heavy atom. The fourth-order valence-corrected chi connectivity index (χ4v) is 1.48. The lowest BCUT2D eigenvalue weighted by Crippen LogP contribution is -1.91.